The standard InChI is InChI=1S/C13H8FNO/c14-9-4-5-10-11(7-9)12-3-1-2-6-15(12)8-13(10)16/h1-8H/p+1. The van der Waals surface area contributed by atoms with E-state index in [0.717, 1.165) is 5.52 Å². The Hall–Kier alpha value is -2.16. The van der Waals surface area contributed by atoms with E-state index in [1.165, 1.54) is 12.1 Å². The number of pyridine rings is 2. The van der Waals surface area contributed by atoms with Crippen molar-refractivity contribution in [2.45, 2.75) is 0 Å². The van der Waals surface area contributed by atoms with Crippen molar-refractivity contribution in [2.24, 2.45) is 0 Å². The lowest BCUT2D eigenvalue weighted by atomic mass is 10.1. The average molecular weight is 214 g/mol. The number of hydrogen-bond acceptors (Lipinski definition) is 1. The minimum atomic E-state index is -0.302. The molecule has 0 saturated carbocycles. The minimum Gasteiger partial charge on any atom is -0.502 e. The van der Waals surface area contributed by atoms with E-state index in [-0.39, 0.29) is 11.6 Å². The van der Waals surface area contributed by atoms with Crippen LogP contribution in [0.25, 0.3) is 16.3 Å². The molecule has 0 bridgehead atoms. The first-order valence-electron chi connectivity index (χ1n) is 4.97. The van der Waals surface area contributed by atoms with Crippen LogP contribution in [0.15, 0.2) is 48.8 Å². The van der Waals surface area contributed by atoms with E-state index in [0.29, 0.717) is 10.8 Å². The van der Waals surface area contributed by atoms with Gasteiger partial charge in [0.15, 0.2) is 11.9 Å². The molecule has 1 aromatic carbocycles. The second-order valence-corrected chi connectivity index (χ2v) is 3.70. The predicted octanol–water partition coefficient (Wildman–Crippen LogP) is 2.42. The van der Waals surface area contributed by atoms with Gasteiger partial charge < -0.3 is 5.11 Å². The molecule has 2 aromatic heterocycles. The topological polar surface area (TPSA) is 24.3 Å². The summed E-state index contributed by atoms with van der Waals surface area (Å²) in [6, 6.07) is 10.0. The Balaban J connectivity index is 2.61. The highest BCUT2D eigenvalue weighted by Crippen LogP contribution is 2.25. The van der Waals surface area contributed by atoms with Crippen molar-refractivity contribution < 1.29 is 13.9 Å². The average Bonchev–Trinajstić information content (AvgIpc) is 2.29. The van der Waals surface area contributed by atoms with Crippen LogP contribution >= 0.6 is 0 Å². The Morgan fingerprint density at radius 3 is 2.81 bits per heavy atom. The minimum absolute atomic E-state index is 0.152. The zero-order valence-electron chi connectivity index (χ0n) is 8.39. The van der Waals surface area contributed by atoms with Crippen molar-refractivity contribution in [3.8, 4) is 5.75 Å². The molecule has 0 spiro atoms. The van der Waals surface area contributed by atoms with Gasteiger partial charge in [-0.15, -0.1) is 0 Å². The second-order valence-electron chi connectivity index (χ2n) is 3.70. The zero-order valence-corrected chi connectivity index (χ0v) is 8.39. The van der Waals surface area contributed by atoms with E-state index in [9.17, 15) is 9.50 Å². The van der Waals surface area contributed by atoms with Crippen molar-refractivity contribution in [2.75, 3.05) is 0 Å². The molecule has 0 radical (unpaired) electrons. The van der Waals surface area contributed by atoms with Crippen LogP contribution in [0.3, 0.4) is 0 Å². The van der Waals surface area contributed by atoms with Crippen LogP contribution in [0.5, 0.6) is 5.75 Å². The van der Waals surface area contributed by atoms with Gasteiger partial charge in [0.1, 0.15) is 5.82 Å². The molecule has 2 heterocycles. The second kappa shape index (κ2) is 3.17. The van der Waals surface area contributed by atoms with E-state index in [4.69, 9.17) is 0 Å². The van der Waals surface area contributed by atoms with Crippen LogP contribution in [0.2, 0.25) is 0 Å². The Morgan fingerprint density at radius 2 is 1.94 bits per heavy atom. The lowest BCUT2D eigenvalue weighted by Gasteiger charge is -2.00. The van der Waals surface area contributed by atoms with Crippen molar-refractivity contribution >= 4 is 16.3 Å². The number of rotatable bonds is 0. The van der Waals surface area contributed by atoms with Crippen LogP contribution < -0.4 is 4.40 Å². The van der Waals surface area contributed by atoms with E-state index in [1.54, 1.807) is 16.7 Å². The van der Waals surface area contributed by atoms with Crippen molar-refractivity contribution in [1.29, 1.82) is 0 Å². The first-order chi connectivity index (χ1) is 7.75. The maximum atomic E-state index is 13.2. The molecule has 0 atom stereocenters. The number of nitrogens with zero attached hydrogens (tertiary/aromatic N) is 1. The first-order valence-corrected chi connectivity index (χ1v) is 4.97. The van der Waals surface area contributed by atoms with Crippen LogP contribution in [0.4, 0.5) is 4.39 Å². The van der Waals surface area contributed by atoms with Crippen LogP contribution in [-0.4, -0.2) is 5.11 Å². The van der Waals surface area contributed by atoms with Crippen molar-refractivity contribution in [3.05, 3.63) is 54.6 Å². The number of fused-ring (bicyclic) bond motifs is 3. The van der Waals surface area contributed by atoms with E-state index < -0.39 is 0 Å². The van der Waals surface area contributed by atoms with Gasteiger partial charge in [0.05, 0.1) is 5.39 Å². The van der Waals surface area contributed by atoms with Gasteiger partial charge in [-0.25, -0.2) is 4.39 Å². The molecule has 0 aliphatic carbocycles. The van der Waals surface area contributed by atoms with Gasteiger partial charge >= 0.3 is 0 Å². The maximum Gasteiger partial charge on any atom is 0.218 e. The van der Waals surface area contributed by atoms with Gasteiger partial charge in [-0.2, -0.15) is 4.40 Å². The fraction of sp³-hybridized carbons (Fsp3) is 0. The van der Waals surface area contributed by atoms with Crippen LogP contribution in [-0.2, 0) is 0 Å². The SMILES string of the molecule is Oc1c[n+]2ccccc2c2cc(F)ccc12. The smallest absolute Gasteiger partial charge is 0.218 e. The Morgan fingerprint density at radius 1 is 1.06 bits per heavy atom. The molecule has 3 rings (SSSR count). The molecule has 16 heavy (non-hydrogen) atoms. The molecule has 0 amide bonds. The van der Waals surface area contributed by atoms with Crippen LogP contribution in [0, 0.1) is 5.82 Å². The highest BCUT2D eigenvalue weighted by molar-refractivity contribution is 5.96. The van der Waals surface area contributed by atoms with Crippen molar-refractivity contribution in [3.63, 3.8) is 0 Å². The maximum absolute atomic E-state index is 13.2. The highest BCUT2D eigenvalue weighted by Gasteiger charge is 2.12. The summed E-state index contributed by atoms with van der Waals surface area (Å²) >= 11 is 0. The molecule has 78 valence electrons. The highest BCUT2D eigenvalue weighted by atomic mass is 19.1. The third kappa shape index (κ3) is 1.21. The fourth-order valence-corrected chi connectivity index (χ4v) is 1.95. The number of halogens is 1. The number of hydrogen-bond donors (Lipinski definition) is 1. The predicted molar refractivity (Wildman–Crippen MR) is 58.7 cm³/mol. The summed E-state index contributed by atoms with van der Waals surface area (Å²) in [6.45, 7) is 0. The normalized spacial score (nSPS) is 11.1. The van der Waals surface area contributed by atoms with Gasteiger partial charge in [-0.05, 0) is 24.3 Å². The number of aromatic hydroxyl groups is 1. The number of aromatic nitrogens is 1. The third-order valence-electron chi connectivity index (χ3n) is 2.68. The molecule has 0 fully saturated rings. The monoisotopic (exact) mass is 214 g/mol. The Kier molecular flexibility index (Phi) is 1.80. The molecule has 0 aliphatic rings. The molecule has 0 unspecified atom stereocenters. The summed E-state index contributed by atoms with van der Waals surface area (Å²) in [4.78, 5) is 0. The largest absolute Gasteiger partial charge is 0.502 e. The van der Waals surface area contributed by atoms with Crippen molar-refractivity contribution in [1.82, 2.24) is 0 Å². The Labute approximate surface area is 91.2 Å². The summed E-state index contributed by atoms with van der Waals surface area (Å²) in [5.41, 5.74) is 0.870. The quantitative estimate of drug-likeness (QED) is 0.451. The van der Waals surface area contributed by atoms with E-state index in [2.05, 4.69) is 0 Å². The van der Waals surface area contributed by atoms with E-state index in [1.807, 2.05) is 24.4 Å². The third-order valence-corrected chi connectivity index (χ3v) is 2.68. The molecule has 3 aromatic rings. The molecule has 0 aliphatic heterocycles. The fourth-order valence-electron chi connectivity index (χ4n) is 1.95. The molecular formula is C13H9FNO+. The lowest BCUT2D eigenvalue weighted by molar-refractivity contribution is -0.511. The van der Waals surface area contributed by atoms with Gasteiger partial charge in [-0.1, -0.05) is 0 Å². The van der Waals surface area contributed by atoms with Gasteiger partial charge in [0, 0.05) is 17.5 Å². The molecule has 2 nitrogen and oxygen atoms in total. The summed E-state index contributed by atoms with van der Waals surface area (Å²) in [7, 11) is 0. The first kappa shape index (κ1) is 9.09. The number of benzene rings is 1. The Bertz CT molecular complexity index is 694. The van der Waals surface area contributed by atoms with E-state index >= 15 is 0 Å². The van der Waals surface area contributed by atoms with Gasteiger partial charge in [0.2, 0.25) is 11.7 Å². The zero-order chi connectivity index (χ0) is 11.1. The molecular weight excluding hydrogens is 205 g/mol. The van der Waals surface area contributed by atoms with Crippen LogP contribution in [0.1, 0.15) is 0 Å². The lowest BCUT2D eigenvalue weighted by Crippen LogP contribution is -2.20. The van der Waals surface area contributed by atoms with Gasteiger partial charge in [-0.3, -0.25) is 0 Å². The molecule has 0 saturated heterocycles. The molecule has 3 heteroatoms. The van der Waals surface area contributed by atoms with Gasteiger partial charge in [0.25, 0.3) is 0 Å². The summed E-state index contributed by atoms with van der Waals surface area (Å²) < 4.78 is 15.0. The summed E-state index contributed by atoms with van der Waals surface area (Å²) in [5, 5.41) is 11.2. The summed E-state index contributed by atoms with van der Waals surface area (Å²) in [6.07, 6.45) is 3.44. The molecule has 1 N–H and O–H groups in total. The summed E-state index contributed by atoms with van der Waals surface area (Å²) in [5.74, 6) is -0.150.